The fourth-order valence-electron chi connectivity index (χ4n) is 1.43. The van der Waals surface area contributed by atoms with Crippen LogP contribution in [0.1, 0.15) is 0 Å². The zero-order valence-corrected chi connectivity index (χ0v) is 10.8. The molecule has 8 heteroatoms. The quantitative estimate of drug-likeness (QED) is 0.796. The smallest absolute Gasteiger partial charge is 0.246 e. The van der Waals surface area contributed by atoms with E-state index in [1.54, 1.807) is 14.1 Å². The summed E-state index contributed by atoms with van der Waals surface area (Å²) in [6, 6.07) is 0.0650. The molecule has 1 fully saturated rings. The number of hydrogen-bond donors (Lipinski definition) is 1. The van der Waals surface area contributed by atoms with E-state index in [0.29, 0.717) is 0 Å². The van der Waals surface area contributed by atoms with Crippen LogP contribution >= 0.6 is 12.4 Å². The third kappa shape index (κ3) is 2.22. The molecule has 1 aromatic heterocycles. The van der Waals surface area contributed by atoms with Gasteiger partial charge in [-0.15, -0.1) is 12.4 Å². The second-order valence-electron chi connectivity index (χ2n) is 3.68. The van der Waals surface area contributed by atoms with E-state index in [2.05, 4.69) is 10.4 Å². The summed E-state index contributed by atoms with van der Waals surface area (Å²) in [7, 11) is -0.0649. The first-order valence-electron chi connectivity index (χ1n) is 4.69. The Hall–Kier alpha value is -0.630. The van der Waals surface area contributed by atoms with Crippen molar-refractivity contribution in [1.82, 2.24) is 19.4 Å². The number of likely N-dealkylation sites (N-methyl/N-ethyl adjacent to an activating group) is 1. The maximum atomic E-state index is 12.0. The molecule has 0 unspecified atom stereocenters. The summed E-state index contributed by atoms with van der Waals surface area (Å²) in [4.78, 5) is 0.249. The van der Waals surface area contributed by atoms with Gasteiger partial charge < -0.3 is 5.32 Å². The normalized spacial score (nSPS) is 16.9. The standard InChI is InChI=1S/C8H14N4O2S.ClH/c1-11-6-8(5-10-11)15(13,14)12(2)7-3-9-4-7;/h5-7,9H,3-4H2,1-2H3;1H. The largest absolute Gasteiger partial charge is 0.313 e. The first-order chi connectivity index (χ1) is 7.01. The van der Waals surface area contributed by atoms with Crippen molar-refractivity contribution in [2.75, 3.05) is 20.1 Å². The van der Waals surface area contributed by atoms with Gasteiger partial charge in [-0.2, -0.15) is 9.40 Å². The average Bonchev–Trinajstić information content (AvgIpc) is 2.49. The molecule has 0 spiro atoms. The summed E-state index contributed by atoms with van der Waals surface area (Å²) in [5.41, 5.74) is 0. The number of halogens is 1. The molecule has 92 valence electrons. The van der Waals surface area contributed by atoms with Gasteiger partial charge in [0.15, 0.2) is 0 Å². The highest BCUT2D eigenvalue weighted by molar-refractivity contribution is 7.89. The molecule has 1 aromatic rings. The SMILES string of the molecule is CN(C1CNC1)S(=O)(=O)c1cnn(C)c1.Cl. The highest BCUT2D eigenvalue weighted by Gasteiger charge is 2.32. The van der Waals surface area contributed by atoms with Crippen molar-refractivity contribution in [2.24, 2.45) is 7.05 Å². The molecule has 0 aliphatic carbocycles. The molecule has 1 aliphatic rings. The number of sulfonamides is 1. The second kappa shape index (κ2) is 4.70. The fourth-order valence-corrected chi connectivity index (χ4v) is 2.77. The van der Waals surface area contributed by atoms with Crippen molar-refractivity contribution in [3.63, 3.8) is 0 Å². The van der Waals surface area contributed by atoms with Crippen molar-refractivity contribution < 1.29 is 8.42 Å². The van der Waals surface area contributed by atoms with Crippen LogP contribution in [0.25, 0.3) is 0 Å². The molecule has 2 heterocycles. The van der Waals surface area contributed by atoms with Crippen LogP contribution in [0, 0.1) is 0 Å². The molecule has 0 radical (unpaired) electrons. The Morgan fingerprint density at radius 2 is 2.19 bits per heavy atom. The average molecular weight is 267 g/mol. The number of nitrogens with one attached hydrogen (secondary N) is 1. The summed E-state index contributed by atoms with van der Waals surface area (Å²) in [5, 5.41) is 6.91. The Kier molecular flexibility index (Phi) is 3.95. The zero-order chi connectivity index (χ0) is 11.1. The predicted molar refractivity (Wildman–Crippen MR) is 62.1 cm³/mol. The van der Waals surface area contributed by atoms with E-state index in [1.807, 2.05) is 0 Å². The zero-order valence-electron chi connectivity index (χ0n) is 9.12. The summed E-state index contributed by atoms with van der Waals surface area (Å²) in [6.07, 6.45) is 2.88. The highest BCUT2D eigenvalue weighted by atomic mass is 35.5. The maximum Gasteiger partial charge on any atom is 0.246 e. The number of hydrogen-bond acceptors (Lipinski definition) is 4. The lowest BCUT2D eigenvalue weighted by Gasteiger charge is -2.34. The van der Waals surface area contributed by atoms with E-state index in [0.717, 1.165) is 13.1 Å². The Bertz CT molecular complexity index is 454. The van der Waals surface area contributed by atoms with E-state index in [1.165, 1.54) is 21.4 Å². The van der Waals surface area contributed by atoms with Gasteiger partial charge in [0, 0.05) is 39.4 Å². The number of rotatable bonds is 3. The Labute approximate surface area is 101 Å². The Morgan fingerprint density at radius 1 is 1.56 bits per heavy atom. The summed E-state index contributed by atoms with van der Waals surface area (Å²) >= 11 is 0. The van der Waals surface area contributed by atoms with Crippen molar-refractivity contribution in [1.29, 1.82) is 0 Å². The van der Waals surface area contributed by atoms with Gasteiger partial charge in [-0.3, -0.25) is 4.68 Å². The van der Waals surface area contributed by atoms with Gasteiger partial charge in [0.25, 0.3) is 0 Å². The van der Waals surface area contributed by atoms with Crippen molar-refractivity contribution in [2.45, 2.75) is 10.9 Å². The highest BCUT2D eigenvalue weighted by Crippen LogP contribution is 2.16. The molecule has 1 aliphatic heterocycles. The minimum Gasteiger partial charge on any atom is -0.313 e. The van der Waals surface area contributed by atoms with Crippen LogP contribution in [0.5, 0.6) is 0 Å². The lowest BCUT2D eigenvalue weighted by Crippen LogP contribution is -2.57. The van der Waals surface area contributed by atoms with Crippen LogP contribution in [-0.4, -0.2) is 48.7 Å². The molecule has 0 atom stereocenters. The van der Waals surface area contributed by atoms with Crippen molar-refractivity contribution in [3.05, 3.63) is 12.4 Å². The van der Waals surface area contributed by atoms with Gasteiger partial charge in [0.1, 0.15) is 4.90 Å². The lowest BCUT2D eigenvalue weighted by molar-refractivity contribution is 0.274. The van der Waals surface area contributed by atoms with Gasteiger partial charge in [-0.1, -0.05) is 0 Å². The van der Waals surface area contributed by atoms with Gasteiger partial charge in [0.2, 0.25) is 10.0 Å². The van der Waals surface area contributed by atoms with Crippen molar-refractivity contribution in [3.8, 4) is 0 Å². The van der Waals surface area contributed by atoms with Gasteiger partial charge in [-0.25, -0.2) is 8.42 Å². The second-order valence-corrected chi connectivity index (χ2v) is 5.68. The molecule has 0 amide bonds. The Balaban J connectivity index is 0.00000128. The molecule has 6 nitrogen and oxygen atoms in total. The lowest BCUT2D eigenvalue weighted by atomic mass is 10.2. The van der Waals surface area contributed by atoms with Gasteiger partial charge >= 0.3 is 0 Å². The summed E-state index contributed by atoms with van der Waals surface area (Å²) in [6.45, 7) is 1.44. The number of aryl methyl sites for hydroxylation is 1. The summed E-state index contributed by atoms with van der Waals surface area (Å²) in [5.74, 6) is 0. The van der Waals surface area contributed by atoms with E-state index in [-0.39, 0.29) is 23.3 Å². The minimum atomic E-state index is -3.37. The van der Waals surface area contributed by atoms with Crippen molar-refractivity contribution >= 4 is 22.4 Å². The molecule has 16 heavy (non-hydrogen) atoms. The molecular formula is C8H15ClN4O2S. The molecule has 1 saturated heterocycles. The molecule has 0 aromatic carbocycles. The maximum absolute atomic E-state index is 12.0. The van der Waals surface area contributed by atoms with Crippen LogP contribution in [0.15, 0.2) is 17.3 Å². The number of nitrogens with zero attached hydrogens (tertiary/aromatic N) is 3. The van der Waals surface area contributed by atoms with Crippen LogP contribution in [0.4, 0.5) is 0 Å². The van der Waals surface area contributed by atoms with E-state index < -0.39 is 10.0 Å². The fraction of sp³-hybridized carbons (Fsp3) is 0.625. The number of aromatic nitrogens is 2. The minimum absolute atomic E-state index is 0. The topological polar surface area (TPSA) is 67.2 Å². The molecule has 2 rings (SSSR count). The van der Waals surface area contributed by atoms with Crippen LogP contribution in [-0.2, 0) is 17.1 Å². The van der Waals surface area contributed by atoms with E-state index in [4.69, 9.17) is 0 Å². The Morgan fingerprint density at radius 3 is 2.56 bits per heavy atom. The monoisotopic (exact) mass is 266 g/mol. The van der Waals surface area contributed by atoms with Crippen LogP contribution in [0.2, 0.25) is 0 Å². The molecular weight excluding hydrogens is 252 g/mol. The third-order valence-corrected chi connectivity index (χ3v) is 4.50. The van der Waals surface area contributed by atoms with E-state index >= 15 is 0 Å². The van der Waals surface area contributed by atoms with Crippen LogP contribution < -0.4 is 5.32 Å². The van der Waals surface area contributed by atoms with Crippen LogP contribution in [0.3, 0.4) is 0 Å². The van der Waals surface area contributed by atoms with E-state index in [9.17, 15) is 8.42 Å². The predicted octanol–water partition coefficient (Wildman–Crippen LogP) is -0.566. The molecule has 1 N–H and O–H groups in total. The first-order valence-corrected chi connectivity index (χ1v) is 6.13. The van der Waals surface area contributed by atoms with Gasteiger partial charge in [-0.05, 0) is 0 Å². The summed E-state index contributed by atoms with van der Waals surface area (Å²) < 4.78 is 26.9. The third-order valence-electron chi connectivity index (χ3n) is 2.63. The molecule has 0 bridgehead atoms. The molecule has 0 saturated carbocycles. The van der Waals surface area contributed by atoms with Gasteiger partial charge in [0.05, 0.1) is 6.20 Å². The first kappa shape index (κ1) is 13.4.